The van der Waals surface area contributed by atoms with E-state index in [1.807, 2.05) is 6.07 Å². The van der Waals surface area contributed by atoms with E-state index in [1.165, 1.54) is 11.1 Å². The molecule has 1 aromatic carbocycles. The van der Waals surface area contributed by atoms with Gasteiger partial charge in [0.05, 0.1) is 5.71 Å². The number of nitrogens with two attached hydrogens (primary N) is 1. The lowest BCUT2D eigenvalue weighted by Crippen LogP contribution is -2.31. The summed E-state index contributed by atoms with van der Waals surface area (Å²) < 4.78 is 0. The van der Waals surface area contributed by atoms with Crippen LogP contribution in [0.5, 0.6) is 0 Å². The predicted molar refractivity (Wildman–Crippen MR) is 75.2 cm³/mol. The lowest BCUT2D eigenvalue weighted by Gasteiger charge is -2.33. The molecular weight excluding hydrogens is 230 g/mol. The summed E-state index contributed by atoms with van der Waals surface area (Å²) in [4.78, 5) is 0. The van der Waals surface area contributed by atoms with E-state index in [-0.39, 0.29) is 10.5 Å². The molecule has 0 heterocycles. The zero-order chi connectivity index (χ0) is 12.5. The summed E-state index contributed by atoms with van der Waals surface area (Å²) in [6, 6.07) is 8.39. The van der Waals surface area contributed by atoms with Gasteiger partial charge in [0.25, 0.3) is 0 Å². The van der Waals surface area contributed by atoms with Crippen LogP contribution in [0.2, 0.25) is 0 Å². The third kappa shape index (κ3) is 2.47. The molecule has 90 valence electrons. The van der Waals surface area contributed by atoms with Crippen molar-refractivity contribution in [2.24, 2.45) is 10.8 Å². The molecular formula is C13H17N3S. The SMILES string of the molecule is CC1(C)CCC(=NNC(N)=S)c2ccccc21. The fourth-order valence-electron chi connectivity index (χ4n) is 2.26. The first-order valence-corrected chi connectivity index (χ1v) is 6.13. The van der Waals surface area contributed by atoms with Crippen molar-refractivity contribution in [2.75, 3.05) is 0 Å². The zero-order valence-corrected chi connectivity index (χ0v) is 11.0. The second-order valence-corrected chi connectivity index (χ2v) is 5.40. The average molecular weight is 247 g/mol. The fraction of sp³-hybridized carbons (Fsp3) is 0.385. The fourth-order valence-corrected chi connectivity index (χ4v) is 2.31. The maximum Gasteiger partial charge on any atom is 0.184 e. The van der Waals surface area contributed by atoms with Gasteiger partial charge in [0.15, 0.2) is 5.11 Å². The number of hydrogen-bond donors (Lipinski definition) is 2. The molecule has 17 heavy (non-hydrogen) atoms. The minimum atomic E-state index is 0.207. The van der Waals surface area contributed by atoms with E-state index in [1.54, 1.807) is 0 Å². The second kappa shape index (κ2) is 4.45. The first kappa shape index (κ1) is 12.0. The van der Waals surface area contributed by atoms with Gasteiger partial charge in [-0.1, -0.05) is 38.1 Å². The molecule has 1 aromatic rings. The van der Waals surface area contributed by atoms with E-state index in [2.05, 4.69) is 42.6 Å². The Balaban J connectivity index is 2.41. The monoisotopic (exact) mass is 247 g/mol. The van der Waals surface area contributed by atoms with Gasteiger partial charge in [0, 0.05) is 5.56 Å². The van der Waals surface area contributed by atoms with Crippen LogP contribution in [0.25, 0.3) is 0 Å². The predicted octanol–water partition coefficient (Wildman–Crippen LogP) is 2.30. The summed E-state index contributed by atoms with van der Waals surface area (Å²) in [6.07, 6.45) is 2.03. The molecule has 1 aliphatic rings. The number of rotatable bonds is 1. The highest BCUT2D eigenvalue weighted by molar-refractivity contribution is 7.80. The number of hydrogen-bond acceptors (Lipinski definition) is 2. The molecule has 1 aliphatic carbocycles. The van der Waals surface area contributed by atoms with Crippen LogP contribution in [0.15, 0.2) is 29.4 Å². The molecule has 0 saturated carbocycles. The van der Waals surface area contributed by atoms with Gasteiger partial charge in [-0.3, -0.25) is 5.43 Å². The highest BCUT2D eigenvalue weighted by Gasteiger charge is 2.30. The summed E-state index contributed by atoms with van der Waals surface area (Å²) in [7, 11) is 0. The maximum atomic E-state index is 5.40. The quantitative estimate of drug-likeness (QED) is 0.591. The molecule has 0 unspecified atom stereocenters. The Morgan fingerprint density at radius 3 is 2.82 bits per heavy atom. The summed E-state index contributed by atoms with van der Waals surface area (Å²) in [5.41, 5.74) is 11.9. The van der Waals surface area contributed by atoms with Gasteiger partial charge in [-0.05, 0) is 36.0 Å². The van der Waals surface area contributed by atoms with Crippen LogP contribution in [0.4, 0.5) is 0 Å². The maximum absolute atomic E-state index is 5.40. The minimum absolute atomic E-state index is 0.207. The van der Waals surface area contributed by atoms with Crippen molar-refractivity contribution >= 4 is 23.0 Å². The van der Waals surface area contributed by atoms with E-state index < -0.39 is 0 Å². The highest BCUT2D eigenvalue weighted by atomic mass is 32.1. The van der Waals surface area contributed by atoms with Crippen LogP contribution < -0.4 is 11.2 Å². The number of benzene rings is 1. The normalized spacial score (nSPS) is 19.8. The van der Waals surface area contributed by atoms with Gasteiger partial charge in [0.1, 0.15) is 0 Å². The van der Waals surface area contributed by atoms with Crippen molar-refractivity contribution in [3.63, 3.8) is 0 Å². The largest absolute Gasteiger partial charge is 0.375 e. The molecule has 0 aliphatic heterocycles. The second-order valence-electron chi connectivity index (χ2n) is 4.96. The van der Waals surface area contributed by atoms with Crippen molar-refractivity contribution in [3.8, 4) is 0 Å². The van der Waals surface area contributed by atoms with E-state index in [4.69, 9.17) is 18.0 Å². The van der Waals surface area contributed by atoms with Gasteiger partial charge >= 0.3 is 0 Å². The van der Waals surface area contributed by atoms with Crippen LogP contribution in [-0.2, 0) is 5.41 Å². The molecule has 0 aromatic heterocycles. The van der Waals surface area contributed by atoms with Crippen LogP contribution in [0.1, 0.15) is 37.8 Å². The zero-order valence-electron chi connectivity index (χ0n) is 10.2. The number of nitrogens with one attached hydrogen (secondary N) is 1. The number of nitrogens with zero attached hydrogens (tertiary/aromatic N) is 1. The van der Waals surface area contributed by atoms with Crippen molar-refractivity contribution < 1.29 is 0 Å². The molecule has 2 rings (SSSR count). The Bertz CT molecular complexity index is 477. The lowest BCUT2D eigenvalue weighted by atomic mass is 9.72. The highest BCUT2D eigenvalue weighted by Crippen LogP contribution is 2.36. The Labute approximate surface area is 107 Å². The third-order valence-electron chi connectivity index (χ3n) is 3.25. The molecule has 0 bridgehead atoms. The first-order chi connectivity index (χ1) is 8.00. The minimum Gasteiger partial charge on any atom is -0.375 e. The number of thiocarbonyl (C=S) groups is 1. The van der Waals surface area contributed by atoms with E-state index in [0.717, 1.165) is 18.6 Å². The van der Waals surface area contributed by atoms with Gasteiger partial charge < -0.3 is 5.73 Å². The Kier molecular flexibility index (Phi) is 3.15. The summed E-state index contributed by atoms with van der Waals surface area (Å²) in [6.45, 7) is 4.53. The van der Waals surface area contributed by atoms with E-state index in [0.29, 0.717) is 0 Å². The van der Waals surface area contributed by atoms with Crippen LogP contribution in [0, 0.1) is 0 Å². The van der Waals surface area contributed by atoms with Gasteiger partial charge in [-0.2, -0.15) is 5.10 Å². The van der Waals surface area contributed by atoms with E-state index >= 15 is 0 Å². The Hall–Kier alpha value is -1.42. The first-order valence-electron chi connectivity index (χ1n) is 5.72. The summed E-state index contributed by atoms with van der Waals surface area (Å²) in [5, 5.41) is 4.50. The molecule has 3 nitrogen and oxygen atoms in total. The number of fused-ring (bicyclic) bond motifs is 1. The summed E-state index contributed by atoms with van der Waals surface area (Å²) >= 11 is 4.77. The molecule has 0 atom stereocenters. The topological polar surface area (TPSA) is 50.4 Å². The molecule has 4 heteroatoms. The molecule has 0 saturated heterocycles. The van der Waals surface area contributed by atoms with E-state index in [9.17, 15) is 0 Å². The van der Waals surface area contributed by atoms with Crippen molar-refractivity contribution in [1.29, 1.82) is 0 Å². The standard InChI is InChI=1S/C13H17N3S/c1-13(2)8-7-11(15-16-12(14)17)9-5-3-4-6-10(9)13/h3-6H,7-8H2,1-2H3,(H3,14,16,17). The smallest absolute Gasteiger partial charge is 0.184 e. The molecule has 3 N–H and O–H groups in total. The molecule has 0 fully saturated rings. The van der Waals surface area contributed by atoms with Gasteiger partial charge in [-0.25, -0.2) is 0 Å². The van der Waals surface area contributed by atoms with Crippen molar-refractivity contribution in [1.82, 2.24) is 5.43 Å². The van der Waals surface area contributed by atoms with Crippen LogP contribution in [-0.4, -0.2) is 10.8 Å². The van der Waals surface area contributed by atoms with Crippen LogP contribution >= 0.6 is 12.2 Å². The molecule has 0 radical (unpaired) electrons. The van der Waals surface area contributed by atoms with Crippen molar-refractivity contribution in [2.45, 2.75) is 32.1 Å². The average Bonchev–Trinajstić information content (AvgIpc) is 2.28. The van der Waals surface area contributed by atoms with Crippen molar-refractivity contribution in [3.05, 3.63) is 35.4 Å². The van der Waals surface area contributed by atoms with Gasteiger partial charge in [0.2, 0.25) is 0 Å². The van der Waals surface area contributed by atoms with Gasteiger partial charge in [-0.15, -0.1) is 0 Å². The third-order valence-corrected chi connectivity index (χ3v) is 3.35. The summed E-state index contributed by atoms with van der Waals surface area (Å²) in [5.74, 6) is 0. The molecule has 0 amide bonds. The Morgan fingerprint density at radius 2 is 2.12 bits per heavy atom. The Morgan fingerprint density at radius 1 is 1.41 bits per heavy atom. The number of hydrazone groups is 1. The molecule has 0 spiro atoms. The lowest BCUT2D eigenvalue weighted by molar-refractivity contribution is 0.479. The van der Waals surface area contributed by atoms with Crippen LogP contribution in [0.3, 0.4) is 0 Å².